The van der Waals surface area contributed by atoms with Gasteiger partial charge >= 0.3 is 0 Å². The lowest BCUT2D eigenvalue weighted by Gasteiger charge is -2.25. The SMILES string of the molecule is CCOC1=NC(c2ccccc2)c2cc(OC)c(OC)cc2C1. The molecule has 0 saturated heterocycles. The maximum Gasteiger partial charge on any atom is 0.188 e. The Bertz CT molecular complexity index is 710. The van der Waals surface area contributed by atoms with Crippen LogP contribution in [0.4, 0.5) is 0 Å². The van der Waals surface area contributed by atoms with E-state index in [9.17, 15) is 0 Å². The molecule has 0 N–H and O–H groups in total. The number of benzene rings is 2. The third-order valence-corrected chi connectivity index (χ3v) is 3.98. The molecule has 1 aliphatic heterocycles. The van der Waals surface area contributed by atoms with Crippen LogP contribution in [0, 0.1) is 0 Å². The summed E-state index contributed by atoms with van der Waals surface area (Å²) in [6, 6.07) is 14.2. The van der Waals surface area contributed by atoms with Gasteiger partial charge in [-0.2, -0.15) is 0 Å². The summed E-state index contributed by atoms with van der Waals surface area (Å²) in [4.78, 5) is 4.81. The van der Waals surface area contributed by atoms with Crippen molar-refractivity contribution >= 4 is 5.90 Å². The van der Waals surface area contributed by atoms with Crippen LogP contribution < -0.4 is 9.47 Å². The van der Waals surface area contributed by atoms with Gasteiger partial charge in [-0.15, -0.1) is 0 Å². The monoisotopic (exact) mass is 311 g/mol. The fourth-order valence-corrected chi connectivity index (χ4v) is 2.91. The Labute approximate surface area is 136 Å². The lowest BCUT2D eigenvalue weighted by molar-refractivity contribution is 0.314. The first-order chi connectivity index (χ1) is 11.3. The molecule has 4 heteroatoms. The smallest absolute Gasteiger partial charge is 0.188 e. The summed E-state index contributed by atoms with van der Waals surface area (Å²) in [6.45, 7) is 2.59. The Morgan fingerprint density at radius 2 is 1.74 bits per heavy atom. The highest BCUT2D eigenvalue weighted by Crippen LogP contribution is 2.39. The van der Waals surface area contributed by atoms with Crippen molar-refractivity contribution in [2.75, 3.05) is 20.8 Å². The van der Waals surface area contributed by atoms with Gasteiger partial charge in [0.05, 0.1) is 20.8 Å². The normalized spacial score (nSPS) is 16.3. The molecular formula is C19H21NO3. The molecule has 1 heterocycles. The van der Waals surface area contributed by atoms with Crippen molar-refractivity contribution < 1.29 is 14.2 Å². The minimum atomic E-state index is -0.0821. The minimum absolute atomic E-state index is 0.0821. The standard InChI is InChI=1S/C19H21NO3/c1-4-23-18-11-14-10-16(21-2)17(22-3)12-15(14)19(20-18)13-8-6-5-7-9-13/h5-10,12,19H,4,11H2,1-3H3. The molecule has 0 fully saturated rings. The van der Waals surface area contributed by atoms with Crippen molar-refractivity contribution in [2.24, 2.45) is 4.99 Å². The molecule has 23 heavy (non-hydrogen) atoms. The quantitative estimate of drug-likeness (QED) is 0.862. The molecule has 0 aliphatic carbocycles. The van der Waals surface area contributed by atoms with Crippen molar-refractivity contribution in [3.63, 3.8) is 0 Å². The molecule has 0 aromatic heterocycles. The zero-order chi connectivity index (χ0) is 16.2. The van der Waals surface area contributed by atoms with Crippen LogP contribution in [0.15, 0.2) is 47.5 Å². The van der Waals surface area contributed by atoms with Crippen LogP contribution in [-0.2, 0) is 11.2 Å². The summed E-state index contributed by atoms with van der Waals surface area (Å²) in [6.07, 6.45) is 0.673. The van der Waals surface area contributed by atoms with E-state index in [-0.39, 0.29) is 6.04 Å². The lowest BCUT2D eigenvalue weighted by Crippen LogP contribution is -2.19. The number of nitrogens with zero attached hydrogens (tertiary/aromatic N) is 1. The maximum absolute atomic E-state index is 5.70. The van der Waals surface area contributed by atoms with Gasteiger partial charge in [-0.05, 0) is 35.7 Å². The molecule has 2 aromatic rings. The predicted octanol–water partition coefficient (Wildman–Crippen LogP) is 3.78. The van der Waals surface area contributed by atoms with E-state index in [0.717, 1.165) is 34.1 Å². The first-order valence-electron chi connectivity index (χ1n) is 7.76. The van der Waals surface area contributed by atoms with Gasteiger partial charge in [0.15, 0.2) is 17.4 Å². The summed E-state index contributed by atoms with van der Waals surface area (Å²) in [5.41, 5.74) is 3.44. The third-order valence-electron chi connectivity index (χ3n) is 3.98. The van der Waals surface area contributed by atoms with Crippen LogP contribution in [0.1, 0.15) is 29.7 Å². The third kappa shape index (κ3) is 3.02. The predicted molar refractivity (Wildman–Crippen MR) is 90.6 cm³/mol. The van der Waals surface area contributed by atoms with Gasteiger partial charge in [-0.1, -0.05) is 30.3 Å². The molecule has 0 amide bonds. The highest BCUT2D eigenvalue weighted by Gasteiger charge is 2.26. The molecule has 0 saturated carbocycles. The lowest BCUT2D eigenvalue weighted by atomic mass is 9.90. The second-order valence-electron chi connectivity index (χ2n) is 5.35. The zero-order valence-electron chi connectivity index (χ0n) is 13.7. The Morgan fingerprint density at radius 3 is 2.39 bits per heavy atom. The fourth-order valence-electron chi connectivity index (χ4n) is 2.91. The molecule has 0 bridgehead atoms. The van der Waals surface area contributed by atoms with Crippen molar-refractivity contribution in [1.29, 1.82) is 0 Å². The van der Waals surface area contributed by atoms with E-state index in [0.29, 0.717) is 13.0 Å². The fraction of sp³-hybridized carbons (Fsp3) is 0.316. The topological polar surface area (TPSA) is 40.0 Å². The first kappa shape index (κ1) is 15.4. The van der Waals surface area contributed by atoms with Crippen molar-refractivity contribution in [1.82, 2.24) is 0 Å². The molecule has 1 atom stereocenters. The van der Waals surface area contributed by atoms with Crippen LogP contribution in [0.5, 0.6) is 11.5 Å². The van der Waals surface area contributed by atoms with Gasteiger partial charge in [0.25, 0.3) is 0 Å². The van der Waals surface area contributed by atoms with Crippen LogP contribution in [-0.4, -0.2) is 26.7 Å². The summed E-state index contributed by atoms with van der Waals surface area (Å²) in [7, 11) is 3.30. The van der Waals surface area contributed by atoms with Gasteiger partial charge in [-0.3, -0.25) is 0 Å². The van der Waals surface area contributed by atoms with Crippen LogP contribution in [0.25, 0.3) is 0 Å². The van der Waals surface area contributed by atoms with Gasteiger partial charge in [0, 0.05) is 6.42 Å². The van der Waals surface area contributed by atoms with E-state index in [1.807, 2.05) is 37.3 Å². The van der Waals surface area contributed by atoms with Crippen molar-refractivity contribution in [2.45, 2.75) is 19.4 Å². The van der Waals surface area contributed by atoms with Gasteiger partial charge < -0.3 is 14.2 Å². The molecule has 120 valence electrons. The van der Waals surface area contributed by atoms with Crippen molar-refractivity contribution in [3.8, 4) is 11.5 Å². The Hall–Kier alpha value is -2.49. The number of aliphatic imine (C=N–C) groups is 1. The molecular weight excluding hydrogens is 290 g/mol. The average Bonchev–Trinajstić information content (AvgIpc) is 2.61. The Morgan fingerprint density at radius 1 is 1.04 bits per heavy atom. The maximum atomic E-state index is 5.70. The number of hydrogen-bond donors (Lipinski definition) is 0. The molecule has 1 unspecified atom stereocenters. The van der Waals surface area contributed by atoms with E-state index < -0.39 is 0 Å². The zero-order valence-corrected chi connectivity index (χ0v) is 13.7. The number of fused-ring (bicyclic) bond motifs is 1. The number of methoxy groups -OCH3 is 2. The largest absolute Gasteiger partial charge is 0.493 e. The van der Waals surface area contributed by atoms with E-state index in [1.165, 1.54) is 0 Å². The summed E-state index contributed by atoms with van der Waals surface area (Å²) in [5, 5.41) is 0. The average molecular weight is 311 g/mol. The number of ether oxygens (including phenoxy) is 3. The molecule has 3 rings (SSSR count). The van der Waals surface area contributed by atoms with Crippen LogP contribution in [0.2, 0.25) is 0 Å². The summed E-state index contributed by atoms with van der Waals surface area (Å²) < 4.78 is 16.6. The number of hydrogen-bond acceptors (Lipinski definition) is 4. The highest BCUT2D eigenvalue weighted by molar-refractivity contribution is 5.82. The van der Waals surface area contributed by atoms with Gasteiger partial charge in [0.1, 0.15) is 6.04 Å². The van der Waals surface area contributed by atoms with E-state index in [4.69, 9.17) is 19.2 Å². The molecule has 1 aliphatic rings. The molecule has 4 nitrogen and oxygen atoms in total. The highest BCUT2D eigenvalue weighted by atomic mass is 16.5. The van der Waals surface area contributed by atoms with Crippen molar-refractivity contribution in [3.05, 3.63) is 59.2 Å². The first-order valence-corrected chi connectivity index (χ1v) is 7.76. The Balaban J connectivity index is 2.12. The molecule has 2 aromatic carbocycles. The van der Waals surface area contributed by atoms with Crippen LogP contribution in [0.3, 0.4) is 0 Å². The summed E-state index contributed by atoms with van der Waals surface area (Å²) >= 11 is 0. The van der Waals surface area contributed by atoms with E-state index in [2.05, 4.69) is 12.1 Å². The molecule has 0 spiro atoms. The number of rotatable bonds is 4. The van der Waals surface area contributed by atoms with E-state index >= 15 is 0 Å². The second kappa shape index (κ2) is 6.73. The van der Waals surface area contributed by atoms with Gasteiger partial charge in [-0.25, -0.2) is 4.99 Å². The minimum Gasteiger partial charge on any atom is -0.493 e. The second-order valence-corrected chi connectivity index (χ2v) is 5.35. The van der Waals surface area contributed by atoms with Crippen LogP contribution >= 0.6 is 0 Å². The Kier molecular flexibility index (Phi) is 4.51. The molecule has 0 radical (unpaired) electrons. The van der Waals surface area contributed by atoms with Gasteiger partial charge in [0.2, 0.25) is 0 Å². The van der Waals surface area contributed by atoms with E-state index in [1.54, 1.807) is 14.2 Å². The summed E-state index contributed by atoms with van der Waals surface area (Å²) in [5.74, 6) is 2.22.